The van der Waals surface area contributed by atoms with Gasteiger partial charge in [-0.1, -0.05) is 6.92 Å². The van der Waals surface area contributed by atoms with Crippen molar-refractivity contribution in [3.8, 4) is 0 Å². The van der Waals surface area contributed by atoms with E-state index in [1.165, 1.54) is 0 Å². The molecular weight excluding hydrogens is 316 g/mol. The monoisotopic (exact) mass is 334 g/mol. The Morgan fingerprint density at radius 3 is 2.86 bits per heavy atom. The third-order valence-corrected chi connectivity index (χ3v) is 5.69. The van der Waals surface area contributed by atoms with Crippen molar-refractivity contribution < 1.29 is 4.79 Å². The molecule has 0 aliphatic rings. The Labute approximate surface area is 137 Å². The van der Waals surface area contributed by atoms with E-state index in [9.17, 15) is 4.79 Å². The van der Waals surface area contributed by atoms with Gasteiger partial charge < -0.3 is 5.32 Å². The number of rotatable bonds is 5. The van der Waals surface area contributed by atoms with Crippen LogP contribution in [0.5, 0.6) is 0 Å². The fraction of sp³-hybridized carbons (Fsp3) is 0.400. The molecule has 116 valence electrons. The van der Waals surface area contributed by atoms with Crippen LogP contribution < -0.4 is 5.32 Å². The SMILES string of the molecule is CCC(C)(NC(=O)Cc1cn2ccsc2n1)c1nc(C)cs1. The fourth-order valence-electron chi connectivity index (χ4n) is 2.28. The Balaban J connectivity index is 1.73. The van der Waals surface area contributed by atoms with Crippen molar-refractivity contribution in [2.75, 3.05) is 0 Å². The van der Waals surface area contributed by atoms with Crippen LogP contribution in [-0.2, 0) is 16.8 Å². The number of nitrogens with zero attached hydrogens (tertiary/aromatic N) is 3. The van der Waals surface area contributed by atoms with E-state index in [0.717, 1.165) is 27.8 Å². The van der Waals surface area contributed by atoms with Crippen LogP contribution in [0.3, 0.4) is 0 Å². The molecule has 3 aromatic heterocycles. The summed E-state index contributed by atoms with van der Waals surface area (Å²) in [4.78, 5) is 22.3. The van der Waals surface area contributed by atoms with Crippen LogP contribution in [0.25, 0.3) is 4.96 Å². The standard InChI is InChI=1S/C15H18N4OS2/c1-4-15(3,13-16-10(2)9-22-13)18-12(20)7-11-8-19-5-6-21-14(19)17-11/h5-6,8-9H,4,7H2,1-3H3,(H,18,20). The van der Waals surface area contributed by atoms with Gasteiger partial charge in [-0.05, 0) is 20.3 Å². The van der Waals surface area contributed by atoms with Crippen LogP contribution in [0.4, 0.5) is 0 Å². The molecule has 0 spiro atoms. The zero-order valence-corrected chi connectivity index (χ0v) is 14.4. The predicted octanol–water partition coefficient (Wildman–Crippen LogP) is 3.14. The number of thiazole rings is 2. The highest BCUT2D eigenvalue weighted by Gasteiger charge is 2.29. The van der Waals surface area contributed by atoms with Gasteiger partial charge in [0, 0.05) is 28.8 Å². The summed E-state index contributed by atoms with van der Waals surface area (Å²) in [5.41, 5.74) is 1.36. The third kappa shape index (κ3) is 2.91. The van der Waals surface area contributed by atoms with Crippen molar-refractivity contribution in [3.05, 3.63) is 39.5 Å². The smallest absolute Gasteiger partial charge is 0.226 e. The van der Waals surface area contributed by atoms with E-state index in [1.54, 1.807) is 22.7 Å². The first-order valence-electron chi connectivity index (χ1n) is 7.15. The Bertz CT molecular complexity index is 775. The lowest BCUT2D eigenvalue weighted by Crippen LogP contribution is -2.43. The van der Waals surface area contributed by atoms with Crippen LogP contribution in [0, 0.1) is 6.92 Å². The maximum Gasteiger partial charge on any atom is 0.226 e. The first kappa shape index (κ1) is 15.2. The van der Waals surface area contributed by atoms with Crippen LogP contribution in [0.2, 0.25) is 0 Å². The number of imidazole rings is 1. The number of carbonyl (C=O) groups is 1. The lowest BCUT2D eigenvalue weighted by atomic mass is 9.99. The quantitative estimate of drug-likeness (QED) is 0.780. The van der Waals surface area contributed by atoms with E-state index >= 15 is 0 Å². The van der Waals surface area contributed by atoms with Gasteiger partial charge in [-0.15, -0.1) is 22.7 Å². The lowest BCUT2D eigenvalue weighted by Gasteiger charge is -2.27. The highest BCUT2D eigenvalue weighted by atomic mass is 32.1. The molecule has 22 heavy (non-hydrogen) atoms. The lowest BCUT2D eigenvalue weighted by molar-refractivity contribution is -0.122. The Kier molecular flexibility index (Phi) is 4.01. The zero-order valence-electron chi connectivity index (χ0n) is 12.8. The summed E-state index contributed by atoms with van der Waals surface area (Å²) in [6, 6.07) is 0. The average molecular weight is 334 g/mol. The van der Waals surface area contributed by atoms with Crippen LogP contribution in [0.1, 0.15) is 36.7 Å². The molecule has 3 aromatic rings. The number of fused-ring (bicyclic) bond motifs is 1. The second-order valence-corrected chi connectivity index (χ2v) is 7.26. The van der Waals surface area contributed by atoms with Crippen LogP contribution in [-0.4, -0.2) is 20.3 Å². The van der Waals surface area contributed by atoms with E-state index < -0.39 is 5.54 Å². The minimum Gasteiger partial charge on any atom is -0.344 e. The van der Waals surface area contributed by atoms with Gasteiger partial charge in [0.15, 0.2) is 4.96 Å². The van der Waals surface area contributed by atoms with Crippen molar-refractivity contribution in [1.29, 1.82) is 0 Å². The summed E-state index contributed by atoms with van der Waals surface area (Å²) >= 11 is 3.15. The summed E-state index contributed by atoms with van der Waals surface area (Å²) in [5.74, 6) is -0.0250. The van der Waals surface area contributed by atoms with Gasteiger partial charge in [-0.25, -0.2) is 9.97 Å². The van der Waals surface area contributed by atoms with E-state index in [2.05, 4.69) is 22.2 Å². The van der Waals surface area contributed by atoms with Crippen molar-refractivity contribution in [1.82, 2.24) is 19.7 Å². The maximum atomic E-state index is 12.4. The summed E-state index contributed by atoms with van der Waals surface area (Å²) in [5, 5.41) is 8.06. The third-order valence-electron chi connectivity index (χ3n) is 3.70. The predicted molar refractivity (Wildman–Crippen MR) is 89.4 cm³/mol. The molecule has 3 heterocycles. The molecule has 0 aromatic carbocycles. The molecule has 0 saturated carbocycles. The molecule has 7 heteroatoms. The van der Waals surface area contributed by atoms with Gasteiger partial charge in [0.2, 0.25) is 5.91 Å². The van der Waals surface area contributed by atoms with Crippen LogP contribution >= 0.6 is 22.7 Å². The van der Waals surface area contributed by atoms with Gasteiger partial charge in [-0.2, -0.15) is 0 Å². The van der Waals surface area contributed by atoms with Gasteiger partial charge >= 0.3 is 0 Å². The molecule has 0 aliphatic heterocycles. The molecule has 5 nitrogen and oxygen atoms in total. The van der Waals surface area contributed by atoms with E-state index in [4.69, 9.17) is 0 Å². The minimum absolute atomic E-state index is 0.0250. The van der Waals surface area contributed by atoms with E-state index in [1.807, 2.05) is 41.4 Å². The number of hydrogen-bond acceptors (Lipinski definition) is 5. The number of nitrogens with one attached hydrogen (secondary N) is 1. The van der Waals surface area contributed by atoms with Crippen molar-refractivity contribution in [2.24, 2.45) is 0 Å². The molecule has 0 saturated heterocycles. The highest BCUT2D eigenvalue weighted by Crippen LogP contribution is 2.27. The summed E-state index contributed by atoms with van der Waals surface area (Å²) < 4.78 is 1.94. The number of carbonyl (C=O) groups excluding carboxylic acids is 1. The van der Waals surface area contributed by atoms with Crippen molar-refractivity contribution in [3.63, 3.8) is 0 Å². The zero-order chi connectivity index (χ0) is 15.7. The fourth-order valence-corrected chi connectivity index (χ4v) is 3.98. The average Bonchev–Trinajstić information content (AvgIpc) is 3.14. The second kappa shape index (κ2) is 5.81. The Morgan fingerprint density at radius 1 is 1.41 bits per heavy atom. The molecule has 0 aliphatic carbocycles. The topological polar surface area (TPSA) is 59.3 Å². The molecule has 1 atom stereocenters. The Hall–Kier alpha value is -1.73. The number of hydrogen-bond donors (Lipinski definition) is 1. The normalized spacial score (nSPS) is 14.1. The molecule has 0 fully saturated rings. The van der Waals surface area contributed by atoms with Crippen molar-refractivity contribution >= 4 is 33.5 Å². The van der Waals surface area contributed by atoms with E-state index in [-0.39, 0.29) is 12.3 Å². The molecule has 0 radical (unpaired) electrons. The minimum atomic E-state index is -0.423. The first-order chi connectivity index (χ1) is 10.5. The van der Waals surface area contributed by atoms with Crippen LogP contribution in [0.15, 0.2) is 23.2 Å². The molecule has 1 N–H and O–H groups in total. The van der Waals surface area contributed by atoms with Crippen molar-refractivity contribution in [2.45, 2.75) is 39.2 Å². The van der Waals surface area contributed by atoms with Gasteiger partial charge in [0.1, 0.15) is 5.01 Å². The number of aryl methyl sites for hydroxylation is 1. The molecule has 0 bridgehead atoms. The van der Waals surface area contributed by atoms with Gasteiger partial charge in [-0.3, -0.25) is 9.20 Å². The van der Waals surface area contributed by atoms with Gasteiger partial charge in [0.05, 0.1) is 17.7 Å². The summed E-state index contributed by atoms with van der Waals surface area (Å²) in [6.45, 7) is 6.05. The van der Waals surface area contributed by atoms with E-state index in [0.29, 0.717) is 0 Å². The maximum absolute atomic E-state index is 12.4. The molecular formula is C15H18N4OS2. The first-order valence-corrected chi connectivity index (χ1v) is 8.91. The summed E-state index contributed by atoms with van der Waals surface area (Å²) in [7, 11) is 0. The van der Waals surface area contributed by atoms with Gasteiger partial charge in [0.25, 0.3) is 0 Å². The number of aromatic nitrogens is 3. The summed E-state index contributed by atoms with van der Waals surface area (Å²) in [6.07, 6.45) is 4.93. The second-order valence-electron chi connectivity index (χ2n) is 5.53. The Morgan fingerprint density at radius 2 is 2.23 bits per heavy atom. The largest absolute Gasteiger partial charge is 0.344 e. The molecule has 1 amide bonds. The molecule has 3 rings (SSSR count). The molecule has 1 unspecified atom stereocenters. The number of amides is 1. The highest BCUT2D eigenvalue weighted by molar-refractivity contribution is 7.15.